The van der Waals surface area contributed by atoms with Crippen molar-refractivity contribution in [2.75, 3.05) is 25.0 Å². The van der Waals surface area contributed by atoms with Gasteiger partial charge in [0, 0.05) is 25.3 Å². The van der Waals surface area contributed by atoms with Gasteiger partial charge >= 0.3 is 0 Å². The maximum atomic E-state index is 12.8. The molecular formula is C17H27Cl2N3O3S. The van der Waals surface area contributed by atoms with Crippen LogP contribution in [0, 0.1) is 5.41 Å². The summed E-state index contributed by atoms with van der Waals surface area (Å²) in [5, 5.41) is 2.96. The second-order valence-corrected chi connectivity index (χ2v) is 8.72. The zero-order chi connectivity index (χ0) is 18.7. The van der Waals surface area contributed by atoms with Crippen LogP contribution in [0.25, 0.3) is 0 Å². The van der Waals surface area contributed by atoms with Gasteiger partial charge in [0.2, 0.25) is 15.9 Å². The van der Waals surface area contributed by atoms with Crippen LogP contribution in [0.2, 0.25) is 5.02 Å². The standard InChI is InChI=1S/C17H26ClN3O3S.ClH/c1-3-17(4-2,12-19)16(22)20-13-7-8-14(18)15(11-13)25(23,24)21-9-5-6-10-21;/h7-8,11H,3-6,9-10,12,19H2,1-2H3,(H,20,22);1H. The van der Waals surface area contributed by atoms with Gasteiger partial charge in [0.25, 0.3) is 0 Å². The third-order valence-electron chi connectivity index (χ3n) is 5.10. The van der Waals surface area contributed by atoms with Gasteiger partial charge in [-0.2, -0.15) is 4.31 Å². The third-order valence-corrected chi connectivity index (χ3v) is 7.48. The molecule has 0 aliphatic carbocycles. The van der Waals surface area contributed by atoms with Gasteiger partial charge in [0.1, 0.15) is 4.90 Å². The average Bonchev–Trinajstić information content (AvgIpc) is 3.14. The number of anilines is 1. The van der Waals surface area contributed by atoms with E-state index in [1.54, 1.807) is 6.07 Å². The fourth-order valence-corrected chi connectivity index (χ4v) is 5.08. The quantitative estimate of drug-likeness (QED) is 0.703. The van der Waals surface area contributed by atoms with Crippen molar-refractivity contribution in [1.82, 2.24) is 4.31 Å². The molecule has 148 valence electrons. The summed E-state index contributed by atoms with van der Waals surface area (Å²) in [6.45, 7) is 5.06. The Morgan fingerprint density at radius 1 is 1.27 bits per heavy atom. The number of amides is 1. The van der Waals surface area contributed by atoms with Gasteiger partial charge in [-0.3, -0.25) is 4.79 Å². The normalized spacial score (nSPS) is 15.5. The number of nitrogens with zero attached hydrogens (tertiary/aromatic N) is 1. The summed E-state index contributed by atoms with van der Waals surface area (Å²) < 4.78 is 27.0. The number of sulfonamides is 1. The molecule has 6 nitrogen and oxygen atoms in total. The summed E-state index contributed by atoms with van der Waals surface area (Å²) in [6, 6.07) is 4.54. The van der Waals surface area contributed by atoms with Gasteiger partial charge in [-0.15, -0.1) is 12.4 Å². The lowest BCUT2D eigenvalue weighted by Gasteiger charge is -2.28. The van der Waals surface area contributed by atoms with E-state index in [1.807, 2.05) is 13.8 Å². The van der Waals surface area contributed by atoms with Crippen molar-refractivity contribution >= 4 is 45.6 Å². The van der Waals surface area contributed by atoms with Crippen molar-refractivity contribution < 1.29 is 13.2 Å². The molecule has 1 amide bonds. The van der Waals surface area contributed by atoms with Gasteiger partial charge in [-0.1, -0.05) is 25.4 Å². The molecule has 9 heteroatoms. The molecule has 0 saturated carbocycles. The van der Waals surface area contributed by atoms with Gasteiger partial charge < -0.3 is 11.1 Å². The lowest BCUT2D eigenvalue weighted by molar-refractivity contribution is -0.125. The van der Waals surface area contributed by atoms with E-state index in [0.717, 1.165) is 12.8 Å². The minimum atomic E-state index is -3.65. The maximum Gasteiger partial charge on any atom is 0.244 e. The van der Waals surface area contributed by atoms with E-state index in [-0.39, 0.29) is 34.8 Å². The Bertz CT molecular complexity index is 723. The van der Waals surface area contributed by atoms with E-state index >= 15 is 0 Å². The first-order chi connectivity index (χ1) is 11.8. The van der Waals surface area contributed by atoms with E-state index in [2.05, 4.69) is 5.32 Å². The zero-order valence-corrected chi connectivity index (χ0v) is 17.5. The Morgan fingerprint density at radius 2 is 1.85 bits per heavy atom. The SMILES string of the molecule is CCC(CC)(CN)C(=O)Nc1ccc(Cl)c(S(=O)(=O)N2CCCC2)c1.Cl. The van der Waals surface area contributed by atoms with Gasteiger partial charge in [-0.25, -0.2) is 8.42 Å². The summed E-state index contributed by atoms with van der Waals surface area (Å²) >= 11 is 6.13. The molecular weight excluding hydrogens is 397 g/mol. The average molecular weight is 424 g/mol. The molecule has 0 aromatic heterocycles. The van der Waals surface area contributed by atoms with Gasteiger partial charge in [0.05, 0.1) is 10.4 Å². The Morgan fingerprint density at radius 3 is 2.35 bits per heavy atom. The molecule has 1 aromatic carbocycles. The van der Waals surface area contributed by atoms with Crippen molar-refractivity contribution in [2.45, 2.75) is 44.4 Å². The Hall–Kier alpha value is -0.860. The molecule has 1 heterocycles. The predicted octanol–water partition coefficient (Wildman–Crippen LogP) is 3.25. The van der Waals surface area contributed by atoms with Crippen LogP contribution in [-0.2, 0) is 14.8 Å². The largest absolute Gasteiger partial charge is 0.329 e. The van der Waals surface area contributed by atoms with Crippen molar-refractivity contribution in [3.63, 3.8) is 0 Å². The number of rotatable bonds is 7. The number of halogens is 2. The highest BCUT2D eigenvalue weighted by Crippen LogP contribution is 2.31. The van der Waals surface area contributed by atoms with E-state index in [4.69, 9.17) is 17.3 Å². The molecule has 0 spiro atoms. The second kappa shape index (κ2) is 9.37. The van der Waals surface area contributed by atoms with Crippen molar-refractivity contribution in [3.05, 3.63) is 23.2 Å². The van der Waals surface area contributed by atoms with Crippen molar-refractivity contribution in [2.24, 2.45) is 11.1 Å². The monoisotopic (exact) mass is 423 g/mol. The van der Waals surface area contributed by atoms with Crippen LogP contribution in [-0.4, -0.2) is 38.3 Å². The number of carbonyl (C=O) groups is 1. The smallest absolute Gasteiger partial charge is 0.244 e. The summed E-state index contributed by atoms with van der Waals surface area (Å²) in [6.07, 6.45) is 2.91. The highest BCUT2D eigenvalue weighted by molar-refractivity contribution is 7.89. The highest BCUT2D eigenvalue weighted by atomic mass is 35.5. The number of carbonyl (C=O) groups excluding carboxylic acids is 1. The third kappa shape index (κ3) is 4.51. The lowest BCUT2D eigenvalue weighted by atomic mass is 9.81. The lowest BCUT2D eigenvalue weighted by Crippen LogP contribution is -2.41. The van der Waals surface area contributed by atoms with Gasteiger partial charge in [0.15, 0.2) is 0 Å². The van der Waals surface area contributed by atoms with Crippen LogP contribution in [0.15, 0.2) is 23.1 Å². The molecule has 0 radical (unpaired) electrons. The first kappa shape index (κ1) is 23.2. The van der Waals surface area contributed by atoms with Crippen molar-refractivity contribution in [3.8, 4) is 0 Å². The molecule has 1 saturated heterocycles. The molecule has 2 rings (SSSR count). The van der Waals surface area contributed by atoms with E-state index in [0.29, 0.717) is 31.6 Å². The number of hydrogen-bond acceptors (Lipinski definition) is 4. The van der Waals surface area contributed by atoms with Gasteiger partial charge in [-0.05, 0) is 43.9 Å². The van der Waals surface area contributed by atoms with Crippen LogP contribution in [0.1, 0.15) is 39.5 Å². The fraction of sp³-hybridized carbons (Fsp3) is 0.588. The van der Waals surface area contributed by atoms with Crippen molar-refractivity contribution in [1.29, 1.82) is 0 Å². The number of nitrogens with two attached hydrogens (primary N) is 1. The van der Waals surface area contributed by atoms with E-state index in [9.17, 15) is 13.2 Å². The van der Waals surface area contributed by atoms with Crippen LogP contribution in [0.5, 0.6) is 0 Å². The molecule has 0 atom stereocenters. The summed E-state index contributed by atoms with van der Waals surface area (Å²) in [4.78, 5) is 12.7. The van der Waals surface area contributed by atoms with E-state index in [1.165, 1.54) is 16.4 Å². The number of nitrogens with one attached hydrogen (secondary N) is 1. The maximum absolute atomic E-state index is 12.8. The minimum Gasteiger partial charge on any atom is -0.329 e. The first-order valence-electron chi connectivity index (χ1n) is 8.62. The highest BCUT2D eigenvalue weighted by Gasteiger charge is 2.34. The van der Waals surface area contributed by atoms with Crippen LogP contribution in [0.4, 0.5) is 5.69 Å². The second-order valence-electron chi connectivity index (χ2n) is 6.40. The number of hydrogen-bond donors (Lipinski definition) is 2. The zero-order valence-electron chi connectivity index (χ0n) is 15.1. The molecule has 1 aromatic rings. The predicted molar refractivity (Wildman–Crippen MR) is 107 cm³/mol. The first-order valence-corrected chi connectivity index (χ1v) is 10.4. The molecule has 3 N–H and O–H groups in total. The molecule has 26 heavy (non-hydrogen) atoms. The van der Waals surface area contributed by atoms with Crippen LogP contribution >= 0.6 is 24.0 Å². The van der Waals surface area contributed by atoms with E-state index < -0.39 is 15.4 Å². The van der Waals surface area contributed by atoms with Crippen LogP contribution < -0.4 is 11.1 Å². The topological polar surface area (TPSA) is 92.5 Å². The minimum absolute atomic E-state index is 0. The summed E-state index contributed by atoms with van der Waals surface area (Å²) in [5.74, 6) is -0.202. The molecule has 1 aliphatic rings. The number of benzene rings is 1. The Balaban J connectivity index is 0.00000338. The summed E-state index contributed by atoms with van der Waals surface area (Å²) in [7, 11) is -3.65. The Kier molecular flexibility index (Phi) is 8.35. The molecule has 1 aliphatic heterocycles. The van der Waals surface area contributed by atoms with Crippen LogP contribution in [0.3, 0.4) is 0 Å². The molecule has 1 fully saturated rings. The molecule has 0 unspecified atom stereocenters. The Labute approximate surface area is 166 Å². The molecule has 0 bridgehead atoms. The fourth-order valence-electron chi connectivity index (χ4n) is 3.06. The summed E-state index contributed by atoms with van der Waals surface area (Å²) in [5.41, 5.74) is 5.55.